The van der Waals surface area contributed by atoms with Gasteiger partial charge in [-0.3, -0.25) is 4.79 Å². The third-order valence-corrected chi connectivity index (χ3v) is 5.98. The van der Waals surface area contributed by atoms with Crippen molar-refractivity contribution in [2.75, 3.05) is 15.8 Å². The number of hydrogen-bond acceptors (Lipinski definition) is 7. The number of carbonyl (C=O) groups excluding carboxylic acids is 1. The zero-order valence-electron chi connectivity index (χ0n) is 15.6. The summed E-state index contributed by atoms with van der Waals surface area (Å²) in [6, 6.07) is 13.2. The van der Waals surface area contributed by atoms with Crippen molar-refractivity contribution in [1.82, 2.24) is 15.0 Å². The number of thioether (sulfide) groups is 1. The highest BCUT2D eigenvalue weighted by Gasteiger charge is 2.16. The second kappa shape index (κ2) is 9.48. The minimum Gasteiger partial charge on any atom is -0.326 e. The Bertz CT molecular complexity index is 1070. The molecule has 0 aliphatic carbocycles. The molecule has 0 fully saturated rings. The minimum absolute atomic E-state index is 0.00721. The van der Waals surface area contributed by atoms with E-state index in [-0.39, 0.29) is 16.8 Å². The van der Waals surface area contributed by atoms with Crippen LogP contribution in [0.15, 0.2) is 70.8 Å². The van der Waals surface area contributed by atoms with E-state index < -0.39 is 10.0 Å². The molecule has 3 aromatic rings. The Morgan fingerprint density at radius 3 is 2.52 bits per heavy atom. The third kappa shape index (κ3) is 6.26. The quantitative estimate of drug-likeness (QED) is 0.529. The minimum atomic E-state index is -3.82. The summed E-state index contributed by atoms with van der Waals surface area (Å²) in [5, 5.41) is 3.61. The summed E-state index contributed by atoms with van der Waals surface area (Å²) in [6.45, 7) is 1.74. The predicted molar refractivity (Wildman–Crippen MR) is 112 cm³/mol. The van der Waals surface area contributed by atoms with Gasteiger partial charge >= 0.3 is 0 Å². The molecule has 2 N–H and O–H groups in total. The van der Waals surface area contributed by atoms with Gasteiger partial charge in [-0.15, -0.1) is 11.8 Å². The van der Waals surface area contributed by atoms with E-state index in [2.05, 4.69) is 25.0 Å². The lowest BCUT2D eigenvalue weighted by molar-refractivity contribution is -0.115. The fraction of sp³-hybridized carbons (Fsp3) is 0.158. The lowest BCUT2D eigenvalue weighted by atomic mass is 10.3. The molecule has 0 aliphatic heterocycles. The molecule has 3 rings (SSSR count). The maximum absolute atomic E-state index is 12.4. The first-order valence-electron chi connectivity index (χ1n) is 8.68. The summed E-state index contributed by atoms with van der Waals surface area (Å²) in [5.74, 6) is 0.443. The van der Waals surface area contributed by atoms with E-state index in [1.54, 1.807) is 19.2 Å². The molecule has 2 heterocycles. The number of pyridine rings is 1. The summed E-state index contributed by atoms with van der Waals surface area (Å²) < 4.78 is 27.2. The van der Waals surface area contributed by atoms with E-state index >= 15 is 0 Å². The van der Waals surface area contributed by atoms with Crippen LogP contribution < -0.4 is 10.0 Å². The number of aromatic nitrogens is 3. The molecule has 0 saturated carbocycles. The van der Waals surface area contributed by atoms with Crippen LogP contribution >= 0.6 is 11.8 Å². The van der Waals surface area contributed by atoms with Gasteiger partial charge in [0, 0.05) is 35.9 Å². The Kier molecular flexibility index (Phi) is 6.78. The standard InChI is InChI=1S/C19H19N5O3S2/c1-14-9-12-21-19(22-14)24-29(26,27)16-7-5-15(6-8-16)23-17(25)10-13-28-18-4-2-3-11-20-18/h2-9,11-12H,10,13H2,1H3,(H,23,25)(H,21,22,24). The lowest BCUT2D eigenvalue weighted by Gasteiger charge is -2.09. The van der Waals surface area contributed by atoms with Gasteiger partial charge in [0.25, 0.3) is 10.0 Å². The molecule has 150 valence electrons. The number of nitrogens with zero attached hydrogens (tertiary/aromatic N) is 3. The van der Waals surface area contributed by atoms with Crippen LogP contribution in [0.5, 0.6) is 0 Å². The van der Waals surface area contributed by atoms with Gasteiger partial charge in [-0.2, -0.15) is 0 Å². The van der Waals surface area contributed by atoms with Crippen molar-refractivity contribution in [1.29, 1.82) is 0 Å². The zero-order valence-corrected chi connectivity index (χ0v) is 17.2. The average molecular weight is 430 g/mol. The Morgan fingerprint density at radius 1 is 1.03 bits per heavy atom. The van der Waals surface area contributed by atoms with Crippen LogP contribution in [0.3, 0.4) is 0 Å². The molecule has 0 unspecified atom stereocenters. The average Bonchev–Trinajstić information content (AvgIpc) is 2.69. The smallest absolute Gasteiger partial charge is 0.264 e. The molecular formula is C19H19N5O3S2. The second-order valence-corrected chi connectivity index (χ2v) is 8.76. The summed E-state index contributed by atoms with van der Waals surface area (Å²) in [4.78, 5) is 24.2. The van der Waals surface area contributed by atoms with Crippen LogP contribution in [0, 0.1) is 6.92 Å². The van der Waals surface area contributed by atoms with Crippen molar-refractivity contribution in [3.63, 3.8) is 0 Å². The molecule has 1 amide bonds. The Morgan fingerprint density at radius 2 is 1.83 bits per heavy atom. The molecule has 0 spiro atoms. The summed E-state index contributed by atoms with van der Waals surface area (Å²) >= 11 is 1.50. The molecule has 10 heteroatoms. The topological polar surface area (TPSA) is 114 Å². The van der Waals surface area contributed by atoms with Crippen LogP contribution in [0.1, 0.15) is 12.1 Å². The third-order valence-electron chi connectivity index (χ3n) is 3.69. The van der Waals surface area contributed by atoms with Crippen LogP contribution in [0.25, 0.3) is 0 Å². The Balaban J connectivity index is 1.54. The fourth-order valence-corrected chi connectivity index (χ4v) is 4.06. The van der Waals surface area contributed by atoms with Gasteiger partial charge in [0.1, 0.15) is 0 Å². The lowest BCUT2D eigenvalue weighted by Crippen LogP contribution is -2.16. The largest absolute Gasteiger partial charge is 0.326 e. The van der Waals surface area contributed by atoms with Crippen molar-refractivity contribution in [2.45, 2.75) is 23.3 Å². The van der Waals surface area contributed by atoms with E-state index in [0.29, 0.717) is 23.6 Å². The van der Waals surface area contributed by atoms with Gasteiger partial charge < -0.3 is 5.32 Å². The molecule has 0 saturated heterocycles. The summed E-state index contributed by atoms with van der Waals surface area (Å²) in [5.41, 5.74) is 1.17. The molecule has 0 bridgehead atoms. The number of aryl methyl sites for hydroxylation is 1. The van der Waals surface area contributed by atoms with Crippen LogP contribution in [-0.4, -0.2) is 35.0 Å². The Labute approximate surface area is 173 Å². The van der Waals surface area contributed by atoms with Crippen LogP contribution in [0.4, 0.5) is 11.6 Å². The van der Waals surface area contributed by atoms with Gasteiger partial charge in [0.15, 0.2) is 0 Å². The van der Waals surface area contributed by atoms with Crippen molar-refractivity contribution in [3.05, 3.63) is 66.6 Å². The highest BCUT2D eigenvalue weighted by molar-refractivity contribution is 7.99. The zero-order chi connectivity index (χ0) is 20.7. The molecule has 29 heavy (non-hydrogen) atoms. The monoisotopic (exact) mass is 429 g/mol. The molecule has 8 nitrogen and oxygen atoms in total. The highest BCUT2D eigenvalue weighted by Crippen LogP contribution is 2.18. The maximum Gasteiger partial charge on any atom is 0.264 e. The normalized spacial score (nSPS) is 11.1. The van der Waals surface area contributed by atoms with Crippen molar-refractivity contribution in [3.8, 4) is 0 Å². The first-order chi connectivity index (χ1) is 13.9. The van der Waals surface area contributed by atoms with Gasteiger partial charge in [-0.25, -0.2) is 28.1 Å². The molecule has 0 atom stereocenters. The molecule has 1 aromatic carbocycles. The molecular weight excluding hydrogens is 410 g/mol. The summed E-state index contributed by atoms with van der Waals surface area (Å²) in [6.07, 6.45) is 3.50. The SMILES string of the molecule is Cc1ccnc(NS(=O)(=O)c2ccc(NC(=O)CCSc3ccccn3)cc2)n1. The number of amides is 1. The Hall–Kier alpha value is -2.98. The van der Waals surface area contributed by atoms with Crippen molar-refractivity contribution in [2.24, 2.45) is 0 Å². The number of hydrogen-bond donors (Lipinski definition) is 2. The van der Waals surface area contributed by atoms with Gasteiger partial charge in [-0.05, 0) is 49.4 Å². The van der Waals surface area contributed by atoms with Crippen LogP contribution in [-0.2, 0) is 14.8 Å². The number of benzene rings is 1. The van der Waals surface area contributed by atoms with Crippen molar-refractivity contribution >= 4 is 39.3 Å². The molecule has 0 radical (unpaired) electrons. The van der Waals surface area contributed by atoms with E-state index in [1.807, 2.05) is 18.2 Å². The number of carbonyl (C=O) groups is 1. The second-order valence-electron chi connectivity index (χ2n) is 5.97. The van der Waals surface area contributed by atoms with Gasteiger partial charge in [0.2, 0.25) is 11.9 Å². The first-order valence-corrected chi connectivity index (χ1v) is 11.2. The number of anilines is 2. The van der Waals surface area contributed by atoms with Gasteiger partial charge in [0.05, 0.1) is 9.92 Å². The summed E-state index contributed by atoms with van der Waals surface area (Å²) in [7, 11) is -3.82. The van der Waals surface area contributed by atoms with E-state index in [4.69, 9.17) is 0 Å². The van der Waals surface area contributed by atoms with E-state index in [0.717, 1.165) is 5.03 Å². The fourth-order valence-electron chi connectivity index (χ4n) is 2.30. The molecule has 2 aromatic heterocycles. The number of rotatable bonds is 8. The predicted octanol–water partition coefficient (Wildman–Crippen LogP) is 3.10. The molecule has 0 aliphatic rings. The number of sulfonamides is 1. The maximum atomic E-state index is 12.4. The first kappa shape index (κ1) is 20.7. The number of nitrogens with one attached hydrogen (secondary N) is 2. The van der Waals surface area contributed by atoms with Crippen LogP contribution in [0.2, 0.25) is 0 Å². The van der Waals surface area contributed by atoms with E-state index in [9.17, 15) is 13.2 Å². The highest BCUT2D eigenvalue weighted by atomic mass is 32.2. The van der Waals surface area contributed by atoms with E-state index in [1.165, 1.54) is 42.2 Å². The van der Waals surface area contributed by atoms with Crippen molar-refractivity contribution < 1.29 is 13.2 Å². The van der Waals surface area contributed by atoms with Gasteiger partial charge in [-0.1, -0.05) is 6.07 Å².